The van der Waals surface area contributed by atoms with E-state index >= 15 is 0 Å². The van der Waals surface area contributed by atoms with Crippen LogP contribution in [0.3, 0.4) is 0 Å². The molecule has 1 saturated carbocycles. The molecule has 1 aliphatic heterocycles. The molecule has 1 aromatic heterocycles. The molecular formula is C15H23BrN2S. The van der Waals surface area contributed by atoms with Crippen molar-refractivity contribution in [3.05, 3.63) is 20.8 Å². The highest BCUT2D eigenvalue weighted by atomic mass is 79.9. The Labute approximate surface area is 128 Å². The van der Waals surface area contributed by atoms with Crippen LogP contribution < -0.4 is 5.32 Å². The molecule has 0 spiro atoms. The predicted molar refractivity (Wildman–Crippen MR) is 85.6 cm³/mol. The second kappa shape index (κ2) is 5.47. The van der Waals surface area contributed by atoms with Crippen molar-refractivity contribution in [2.45, 2.75) is 51.2 Å². The standard InChI is InChI=1S/C15H23BrN2S/c1-3-15(2)10-18(8-13-6-12(16)9-19-13)14(7-17-15)11-4-5-11/h6,9,11,14,17H,3-5,7-8,10H2,1-2H3. The van der Waals surface area contributed by atoms with Crippen molar-refractivity contribution in [3.63, 3.8) is 0 Å². The fourth-order valence-electron chi connectivity index (χ4n) is 3.09. The van der Waals surface area contributed by atoms with E-state index in [1.165, 1.54) is 41.7 Å². The zero-order valence-electron chi connectivity index (χ0n) is 11.8. The number of piperazine rings is 1. The summed E-state index contributed by atoms with van der Waals surface area (Å²) >= 11 is 5.45. The molecule has 0 radical (unpaired) electrons. The third-order valence-electron chi connectivity index (χ3n) is 4.69. The molecule has 2 unspecified atom stereocenters. The maximum atomic E-state index is 3.79. The van der Waals surface area contributed by atoms with E-state index < -0.39 is 0 Å². The van der Waals surface area contributed by atoms with Crippen LogP contribution in [0.25, 0.3) is 0 Å². The summed E-state index contributed by atoms with van der Waals surface area (Å²) in [6, 6.07) is 3.03. The molecule has 2 atom stereocenters. The lowest BCUT2D eigenvalue weighted by Gasteiger charge is -2.46. The van der Waals surface area contributed by atoms with Crippen LogP contribution in [0.5, 0.6) is 0 Å². The summed E-state index contributed by atoms with van der Waals surface area (Å²) in [7, 11) is 0. The van der Waals surface area contributed by atoms with Crippen LogP contribution >= 0.6 is 27.3 Å². The van der Waals surface area contributed by atoms with Gasteiger partial charge in [0, 0.05) is 45.9 Å². The van der Waals surface area contributed by atoms with Crippen LogP contribution in [0.2, 0.25) is 0 Å². The largest absolute Gasteiger partial charge is 0.309 e. The molecule has 2 heterocycles. The number of hydrogen-bond acceptors (Lipinski definition) is 3. The van der Waals surface area contributed by atoms with Gasteiger partial charge in [0.2, 0.25) is 0 Å². The zero-order chi connectivity index (χ0) is 13.5. The Kier molecular flexibility index (Phi) is 4.05. The monoisotopic (exact) mass is 342 g/mol. The number of rotatable bonds is 4. The number of thiophene rings is 1. The first kappa shape index (κ1) is 14.1. The highest BCUT2D eigenvalue weighted by molar-refractivity contribution is 9.10. The predicted octanol–water partition coefficient (Wildman–Crippen LogP) is 3.86. The highest BCUT2D eigenvalue weighted by Crippen LogP contribution is 2.38. The van der Waals surface area contributed by atoms with Crippen molar-refractivity contribution in [3.8, 4) is 0 Å². The molecule has 2 nitrogen and oxygen atoms in total. The SMILES string of the molecule is CCC1(C)CN(Cc2cc(Br)cs2)C(C2CC2)CN1. The van der Waals surface area contributed by atoms with E-state index in [9.17, 15) is 0 Å². The fraction of sp³-hybridized carbons (Fsp3) is 0.733. The Morgan fingerprint density at radius 1 is 1.53 bits per heavy atom. The second-order valence-electron chi connectivity index (χ2n) is 6.34. The van der Waals surface area contributed by atoms with E-state index in [0.717, 1.165) is 18.5 Å². The van der Waals surface area contributed by atoms with Gasteiger partial charge in [-0.2, -0.15) is 0 Å². The quantitative estimate of drug-likeness (QED) is 0.893. The summed E-state index contributed by atoms with van der Waals surface area (Å²) in [6.07, 6.45) is 4.06. The average molecular weight is 343 g/mol. The van der Waals surface area contributed by atoms with Gasteiger partial charge in [-0.25, -0.2) is 0 Å². The maximum Gasteiger partial charge on any atom is 0.0332 e. The van der Waals surface area contributed by atoms with Gasteiger partial charge in [-0.05, 0) is 54.1 Å². The molecule has 1 N–H and O–H groups in total. The first-order valence-corrected chi connectivity index (χ1v) is 8.99. The maximum absolute atomic E-state index is 3.79. The Hall–Kier alpha value is 0.1000. The van der Waals surface area contributed by atoms with E-state index in [-0.39, 0.29) is 0 Å². The fourth-order valence-corrected chi connectivity index (χ4v) is 4.57. The summed E-state index contributed by atoms with van der Waals surface area (Å²) < 4.78 is 1.23. The lowest BCUT2D eigenvalue weighted by atomic mass is 9.92. The molecule has 2 aliphatic rings. The van der Waals surface area contributed by atoms with Gasteiger partial charge in [0.15, 0.2) is 0 Å². The summed E-state index contributed by atoms with van der Waals surface area (Å²) in [5.41, 5.74) is 0.292. The Balaban J connectivity index is 1.73. The molecular weight excluding hydrogens is 320 g/mol. The molecule has 0 amide bonds. The molecule has 1 aromatic rings. The van der Waals surface area contributed by atoms with Crippen molar-refractivity contribution in [2.75, 3.05) is 13.1 Å². The van der Waals surface area contributed by atoms with Gasteiger partial charge >= 0.3 is 0 Å². The van der Waals surface area contributed by atoms with Crippen molar-refractivity contribution in [1.82, 2.24) is 10.2 Å². The second-order valence-corrected chi connectivity index (χ2v) is 8.25. The van der Waals surface area contributed by atoms with Gasteiger partial charge in [-0.1, -0.05) is 6.92 Å². The zero-order valence-corrected chi connectivity index (χ0v) is 14.2. The summed E-state index contributed by atoms with van der Waals surface area (Å²) in [4.78, 5) is 4.22. The summed E-state index contributed by atoms with van der Waals surface area (Å²) in [5, 5.41) is 5.99. The molecule has 0 bridgehead atoms. The molecule has 19 heavy (non-hydrogen) atoms. The first-order valence-electron chi connectivity index (χ1n) is 7.31. The van der Waals surface area contributed by atoms with E-state index in [4.69, 9.17) is 0 Å². The van der Waals surface area contributed by atoms with Gasteiger partial charge < -0.3 is 5.32 Å². The lowest BCUT2D eigenvalue weighted by Crippen LogP contribution is -2.62. The van der Waals surface area contributed by atoms with E-state index in [1.54, 1.807) is 0 Å². The average Bonchev–Trinajstić information content (AvgIpc) is 3.14. The van der Waals surface area contributed by atoms with Crippen LogP contribution in [0.15, 0.2) is 15.9 Å². The number of halogens is 1. The van der Waals surface area contributed by atoms with Gasteiger partial charge in [-0.3, -0.25) is 4.90 Å². The van der Waals surface area contributed by atoms with E-state index in [2.05, 4.69) is 51.4 Å². The Morgan fingerprint density at radius 3 is 2.89 bits per heavy atom. The normalized spacial score (nSPS) is 32.7. The van der Waals surface area contributed by atoms with Gasteiger partial charge in [0.25, 0.3) is 0 Å². The molecule has 3 rings (SSSR count). The van der Waals surface area contributed by atoms with Crippen LogP contribution in [0.4, 0.5) is 0 Å². The topological polar surface area (TPSA) is 15.3 Å². The Bertz CT molecular complexity index is 443. The smallest absolute Gasteiger partial charge is 0.0332 e. The highest BCUT2D eigenvalue weighted by Gasteiger charge is 2.41. The van der Waals surface area contributed by atoms with Crippen LogP contribution in [-0.4, -0.2) is 29.6 Å². The molecule has 2 fully saturated rings. The van der Waals surface area contributed by atoms with Crippen molar-refractivity contribution in [1.29, 1.82) is 0 Å². The third kappa shape index (κ3) is 3.23. The van der Waals surface area contributed by atoms with Crippen LogP contribution in [0, 0.1) is 5.92 Å². The summed E-state index contributed by atoms with van der Waals surface area (Å²) in [6.45, 7) is 8.13. The summed E-state index contributed by atoms with van der Waals surface area (Å²) in [5.74, 6) is 0.942. The van der Waals surface area contributed by atoms with Crippen molar-refractivity contribution < 1.29 is 0 Å². The minimum absolute atomic E-state index is 0.292. The first-order chi connectivity index (χ1) is 9.09. The minimum atomic E-state index is 0.292. The Morgan fingerprint density at radius 2 is 2.32 bits per heavy atom. The van der Waals surface area contributed by atoms with E-state index in [1.807, 2.05) is 11.3 Å². The number of nitrogens with one attached hydrogen (secondary N) is 1. The molecule has 1 aliphatic carbocycles. The molecule has 1 saturated heterocycles. The molecule has 0 aromatic carbocycles. The lowest BCUT2D eigenvalue weighted by molar-refractivity contribution is 0.0671. The molecule has 4 heteroatoms. The van der Waals surface area contributed by atoms with Crippen molar-refractivity contribution in [2.24, 2.45) is 5.92 Å². The van der Waals surface area contributed by atoms with Gasteiger partial charge in [0.1, 0.15) is 0 Å². The third-order valence-corrected chi connectivity index (χ3v) is 6.37. The van der Waals surface area contributed by atoms with Crippen LogP contribution in [-0.2, 0) is 6.54 Å². The minimum Gasteiger partial charge on any atom is -0.309 e. The molecule has 106 valence electrons. The van der Waals surface area contributed by atoms with Crippen LogP contribution in [0.1, 0.15) is 38.0 Å². The number of nitrogens with zero attached hydrogens (tertiary/aromatic N) is 1. The van der Waals surface area contributed by atoms with Crippen molar-refractivity contribution >= 4 is 27.3 Å². The van der Waals surface area contributed by atoms with Gasteiger partial charge in [-0.15, -0.1) is 11.3 Å². The van der Waals surface area contributed by atoms with Gasteiger partial charge in [0.05, 0.1) is 0 Å². The van der Waals surface area contributed by atoms with E-state index in [0.29, 0.717) is 5.54 Å². The number of hydrogen-bond donors (Lipinski definition) is 1.